The van der Waals surface area contributed by atoms with E-state index in [1.807, 2.05) is 13.8 Å². The number of rotatable bonds is 8. The summed E-state index contributed by atoms with van der Waals surface area (Å²) in [6.07, 6.45) is 2.18. The van der Waals surface area contributed by atoms with Crippen molar-refractivity contribution in [1.82, 2.24) is 10.6 Å². The summed E-state index contributed by atoms with van der Waals surface area (Å²) in [5.41, 5.74) is 0.575. The van der Waals surface area contributed by atoms with Crippen LogP contribution in [-0.2, 0) is 0 Å². The molecule has 1 heterocycles. The number of carbonyl (C=O) groups is 2. The monoisotopic (exact) mass is 330 g/mol. The highest BCUT2D eigenvalue weighted by Gasteiger charge is 2.08. The van der Waals surface area contributed by atoms with Gasteiger partial charge in [0, 0.05) is 18.7 Å². The van der Waals surface area contributed by atoms with E-state index in [0.29, 0.717) is 25.1 Å². The van der Waals surface area contributed by atoms with Crippen LogP contribution in [0.25, 0.3) is 0 Å². The molecule has 0 atom stereocenters. The molecule has 2 amide bonds. The highest BCUT2D eigenvalue weighted by molar-refractivity contribution is 5.94. The summed E-state index contributed by atoms with van der Waals surface area (Å²) < 4.78 is 10.5. The van der Waals surface area contributed by atoms with Gasteiger partial charge in [0.05, 0.1) is 12.4 Å². The van der Waals surface area contributed by atoms with E-state index in [2.05, 4.69) is 10.6 Å². The first-order valence-corrected chi connectivity index (χ1v) is 7.93. The molecule has 2 aromatic rings. The predicted molar refractivity (Wildman–Crippen MR) is 90.2 cm³/mol. The van der Waals surface area contributed by atoms with Gasteiger partial charge < -0.3 is 19.8 Å². The Kier molecular flexibility index (Phi) is 6.42. The van der Waals surface area contributed by atoms with E-state index in [4.69, 9.17) is 9.15 Å². The molecule has 0 aliphatic carbocycles. The van der Waals surface area contributed by atoms with Gasteiger partial charge in [-0.25, -0.2) is 0 Å². The van der Waals surface area contributed by atoms with Gasteiger partial charge in [-0.1, -0.05) is 0 Å². The second kappa shape index (κ2) is 8.76. The van der Waals surface area contributed by atoms with Crippen molar-refractivity contribution in [2.75, 3.05) is 13.1 Å². The Bertz CT molecular complexity index is 648. The number of carbonyl (C=O) groups excluding carboxylic acids is 2. The molecule has 6 heteroatoms. The number of ether oxygens (including phenoxy) is 1. The van der Waals surface area contributed by atoms with E-state index in [0.717, 1.165) is 5.75 Å². The Morgan fingerprint density at radius 3 is 2.29 bits per heavy atom. The number of amides is 2. The van der Waals surface area contributed by atoms with Gasteiger partial charge in [0.1, 0.15) is 5.75 Å². The first-order valence-electron chi connectivity index (χ1n) is 7.93. The summed E-state index contributed by atoms with van der Waals surface area (Å²) in [5.74, 6) is 0.612. The SMILES string of the molecule is CC(C)Oc1ccc(C(=O)NCCCNC(=O)c2ccco2)cc1. The first-order chi connectivity index (χ1) is 11.6. The number of benzene rings is 1. The number of hydrogen-bond donors (Lipinski definition) is 2. The zero-order valence-corrected chi connectivity index (χ0v) is 13.9. The largest absolute Gasteiger partial charge is 0.491 e. The summed E-state index contributed by atoms with van der Waals surface area (Å²) >= 11 is 0. The van der Waals surface area contributed by atoms with Crippen LogP contribution in [0.2, 0.25) is 0 Å². The van der Waals surface area contributed by atoms with E-state index in [-0.39, 0.29) is 23.7 Å². The van der Waals surface area contributed by atoms with Crippen LogP contribution in [0.15, 0.2) is 47.1 Å². The Morgan fingerprint density at radius 2 is 1.71 bits per heavy atom. The molecule has 128 valence electrons. The fraction of sp³-hybridized carbons (Fsp3) is 0.333. The van der Waals surface area contributed by atoms with Gasteiger partial charge in [0.2, 0.25) is 0 Å². The molecule has 2 rings (SSSR count). The summed E-state index contributed by atoms with van der Waals surface area (Å²) in [5, 5.41) is 5.54. The van der Waals surface area contributed by atoms with Crippen LogP contribution in [-0.4, -0.2) is 31.0 Å². The summed E-state index contributed by atoms with van der Waals surface area (Å²) in [6, 6.07) is 10.3. The molecular formula is C18H22N2O4. The van der Waals surface area contributed by atoms with E-state index in [1.54, 1.807) is 36.4 Å². The Balaban J connectivity index is 1.66. The number of hydrogen-bond acceptors (Lipinski definition) is 4. The van der Waals surface area contributed by atoms with Crippen LogP contribution in [0.3, 0.4) is 0 Å². The van der Waals surface area contributed by atoms with Gasteiger partial charge in [-0.2, -0.15) is 0 Å². The van der Waals surface area contributed by atoms with E-state index >= 15 is 0 Å². The average Bonchev–Trinajstić information content (AvgIpc) is 3.09. The van der Waals surface area contributed by atoms with Gasteiger partial charge in [-0.3, -0.25) is 9.59 Å². The zero-order valence-electron chi connectivity index (χ0n) is 13.9. The molecular weight excluding hydrogens is 308 g/mol. The highest BCUT2D eigenvalue weighted by atomic mass is 16.5. The lowest BCUT2D eigenvalue weighted by Crippen LogP contribution is -2.29. The highest BCUT2D eigenvalue weighted by Crippen LogP contribution is 2.13. The molecule has 0 fully saturated rings. The minimum Gasteiger partial charge on any atom is -0.491 e. The lowest BCUT2D eigenvalue weighted by Gasteiger charge is -2.10. The van der Waals surface area contributed by atoms with Crippen molar-refractivity contribution in [3.63, 3.8) is 0 Å². The van der Waals surface area contributed by atoms with Crippen LogP contribution >= 0.6 is 0 Å². The van der Waals surface area contributed by atoms with Gasteiger partial charge in [0.25, 0.3) is 11.8 Å². The molecule has 0 saturated carbocycles. The van der Waals surface area contributed by atoms with Crippen LogP contribution in [0.4, 0.5) is 0 Å². The molecule has 0 radical (unpaired) electrons. The maximum absolute atomic E-state index is 12.0. The fourth-order valence-corrected chi connectivity index (χ4v) is 2.05. The third kappa shape index (κ3) is 5.46. The average molecular weight is 330 g/mol. The quantitative estimate of drug-likeness (QED) is 0.729. The van der Waals surface area contributed by atoms with Crippen molar-refractivity contribution >= 4 is 11.8 Å². The zero-order chi connectivity index (χ0) is 17.4. The molecule has 0 spiro atoms. The summed E-state index contributed by atoms with van der Waals surface area (Å²) in [6.45, 7) is 4.83. The molecule has 0 aliphatic heterocycles. The Hall–Kier alpha value is -2.76. The molecule has 0 aliphatic rings. The van der Waals surface area contributed by atoms with Crippen molar-refractivity contribution < 1.29 is 18.7 Å². The van der Waals surface area contributed by atoms with E-state index in [1.165, 1.54) is 6.26 Å². The fourth-order valence-electron chi connectivity index (χ4n) is 2.05. The van der Waals surface area contributed by atoms with Gasteiger partial charge >= 0.3 is 0 Å². The smallest absolute Gasteiger partial charge is 0.286 e. The molecule has 1 aromatic heterocycles. The summed E-state index contributed by atoms with van der Waals surface area (Å²) in [7, 11) is 0. The molecule has 0 saturated heterocycles. The van der Waals surface area contributed by atoms with E-state index in [9.17, 15) is 9.59 Å². The second-order valence-electron chi connectivity index (χ2n) is 5.53. The lowest BCUT2D eigenvalue weighted by molar-refractivity contribution is 0.0925. The van der Waals surface area contributed by atoms with Crippen LogP contribution in [0.5, 0.6) is 5.75 Å². The first kappa shape index (κ1) is 17.6. The maximum Gasteiger partial charge on any atom is 0.286 e. The van der Waals surface area contributed by atoms with Crippen molar-refractivity contribution in [2.24, 2.45) is 0 Å². The molecule has 1 aromatic carbocycles. The number of furan rings is 1. The predicted octanol–water partition coefficient (Wildman–Crippen LogP) is 2.62. The van der Waals surface area contributed by atoms with Crippen LogP contribution in [0.1, 0.15) is 41.2 Å². The van der Waals surface area contributed by atoms with Crippen LogP contribution in [0, 0.1) is 0 Å². The third-order valence-electron chi connectivity index (χ3n) is 3.16. The van der Waals surface area contributed by atoms with Crippen molar-refractivity contribution in [3.8, 4) is 5.75 Å². The number of nitrogens with one attached hydrogen (secondary N) is 2. The maximum atomic E-state index is 12.0. The molecule has 6 nitrogen and oxygen atoms in total. The molecule has 0 unspecified atom stereocenters. The lowest BCUT2D eigenvalue weighted by atomic mass is 10.2. The third-order valence-corrected chi connectivity index (χ3v) is 3.16. The molecule has 2 N–H and O–H groups in total. The normalized spacial score (nSPS) is 10.5. The van der Waals surface area contributed by atoms with Crippen LogP contribution < -0.4 is 15.4 Å². The van der Waals surface area contributed by atoms with Gasteiger partial charge in [-0.05, 0) is 56.7 Å². The minimum atomic E-state index is -0.257. The molecule has 24 heavy (non-hydrogen) atoms. The Labute approximate surface area is 141 Å². The topological polar surface area (TPSA) is 80.6 Å². The molecule has 0 bridgehead atoms. The van der Waals surface area contributed by atoms with Crippen molar-refractivity contribution in [1.29, 1.82) is 0 Å². The van der Waals surface area contributed by atoms with Gasteiger partial charge in [-0.15, -0.1) is 0 Å². The Morgan fingerprint density at radius 1 is 1.04 bits per heavy atom. The van der Waals surface area contributed by atoms with E-state index < -0.39 is 0 Å². The van der Waals surface area contributed by atoms with Gasteiger partial charge in [0.15, 0.2) is 5.76 Å². The van der Waals surface area contributed by atoms with Crippen molar-refractivity contribution in [2.45, 2.75) is 26.4 Å². The minimum absolute atomic E-state index is 0.0982. The second-order valence-corrected chi connectivity index (χ2v) is 5.53. The standard InChI is InChI=1S/C18H22N2O4/c1-13(2)24-15-8-6-14(7-9-15)17(21)19-10-4-11-20-18(22)16-5-3-12-23-16/h3,5-9,12-13H,4,10-11H2,1-2H3,(H,19,21)(H,20,22). The summed E-state index contributed by atoms with van der Waals surface area (Å²) in [4.78, 5) is 23.6. The van der Waals surface area contributed by atoms with Crippen molar-refractivity contribution in [3.05, 3.63) is 54.0 Å².